The Morgan fingerprint density at radius 2 is 1.61 bits per heavy atom. The van der Waals surface area contributed by atoms with Crippen LogP contribution in [0.3, 0.4) is 0 Å². The van der Waals surface area contributed by atoms with E-state index in [1.54, 1.807) is 24.5 Å². The molecule has 2 aromatic heterocycles. The number of phenols is 1. The molecular weight excluding hydrogens is 417 g/mol. The molecule has 1 unspecified atom stereocenters. The summed E-state index contributed by atoms with van der Waals surface area (Å²) in [7, 11) is 0. The van der Waals surface area contributed by atoms with Gasteiger partial charge in [0.1, 0.15) is 11.3 Å². The summed E-state index contributed by atoms with van der Waals surface area (Å²) < 4.78 is 0. The monoisotopic (exact) mass is 429 g/mol. The Balaban J connectivity index is 1.86. The second kappa shape index (κ2) is 7.84. The lowest BCUT2D eigenvalue weighted by molar-refractivity contribution is 0.471. The van der Waals surface area contributed by atoms with Gasteiger partial charge in [0.05, 0.1) is 32.5 Å². The van der Waals surface area contributed by atoms with Gasteiger partial charge in [-0.3, -0.25) is 9.97 Å². The van der Waals surface area contributed by atoms with E-state index in [-0.39, 0.29) is 5.75 Å². The number of nitrogens with zero attached hydrogens (tertiary/aromatic N) is 2. The molecule has 0 aliphatic heterocycles. The summed E-state index contributed by atoms with van der Waals surface area (Å²) in [5, 5.41) is 16.2. The standard InChI is InChI=1S/C21H14Cl3N3O/c22-14-10-16(24)18(11-15(14)23)27-20(17-5-1-2-8-25-17)13-7-6-12-4-3-9-26-19(12)21(13)28/h1-11,20,27-28H. The summed E-state index contributed by atoms with van der Waals surface area (Å²) in [6.45, 7) is 0. The Labute approximate surface area is 176 Å². The predicted octanol–water partition coefficient (Wildman–Crippen LogP) is 6.50. The molecule has 0 aliphatic rings. The van der Waals surface area contributed by atoms with Gasteiger partial charge < -0.3 is 10.4 Å². The predicted molar refractivity (Wildman–Crippen MR) is 115 cm³/mol. The maximum absolute atomic E-state index is 10.9. The van der Waals surface area contributed by atoms with Crippen molar-refractivity contribution in [3.63, 3.8) is 0 Å². The smallest absolute Gasteiger partial charge is 0.147 e. The summed E-state index contributed by atoms with van der Waals surface area (Å²) in [6.07, 6.45) is 3.33. The van der Waals surface area contributed by atoms with E-state index in [0.717, 1.165) is 5.39 Å². The molecule has 7 heteroatoms. The third-order valence-electron chi connectivity index (χ3n) is 4.38. The molecule has 4 nitrogen and oxygen atoms in total. The summed E-state index contributed by atoms with van der Waals surface area (Å²) in [4.78, 5) is 8.75. The molecule has 0 bridgehead atoms. The van der Waals surface area contributed by atoms with E-state index in [9.17, 15) is 5.11 Å². The summed E-state index contributed by atoms with van der Waals surface area (Å²) >= 11 is 18.6. The largest absolute Gasteiger partial charge is 0.505 e. The molecule has 0 spiro atoms. The Bertz CT molecular complexity index is 1150. The zero-order valence-corrected chi connectivity index (χ0v) is 16.7. The first-order chi connectivity index (χ1) is 13.5. The number of nitrogens with one attached hydrogen (secondary N) is 1. The van der Waals surface area contributed by atoms with Crippen LogP contribution in [0.4, 0.5) is 5.69 Å². The van der Waals surface area contributed by atoms with Gasteiger partial charge in [0.15, 0.2) is 0 Å². The van der Waals surface area contributed by atoms with Crippen molar-refractivity contribution in [3.8, 4) is 5.75 Å². The van der Waals surface area contributed by atoms with Gasteiger partial charge >= 0.3 is 0 Å². The summed E-state index contributed by atoms with van der Waals surface area (Å²) in [5.74, 6) is 0.0810. The van der Waals surface area contributed by atoms with Crippen LogP contribution in [0.25, 0.3) is 10.9 Å². The van der Waals surface area contributed by atoms with Gasteiger partial charge in [-0.15, -0.1) is 0 Å². The van der Waals surface area contributed by atoms with Crippen molar-refractivity contribution in [2.45, 2.75) is 6.04 Å². The van der Waals surface area contributed by atoms with E-state index >= 15 is 0 Å². The fourth-order valence-corrected chi connectivity index (χ4v) is 3.63. The van der Waals surface area contributed by atoms with Gasteiger partial charge in [-0.25, -0.2) is 0 Å². The Morgan fingerprint density at radius 1 is 0.821 bits per heavy atom. The number of anilines is 1. The highest BCUT2D eigenvalue weighted by Gasteiger charge is 2.22. The number of hydrogen-bond acceptors (Lipinski definition) is 4. The van der Waals surface area contributed by atoms with Crippen LogP contribution >= 0.6 is 34.8 Å². The maximum Gasteiger partial charge on any atom is 0.147 e. The van der Waals surface area contributed by atoms with E-state index in [1.807, 2.05) is 42.5 Å². The highest BCUT2D eigenvalue weighted by atomic mass is 35.5. The number of benzene rings is 2. The van der Waals surface area contributed by atoms with Gasteiger partial charge in [0.25, 0.3) is 0 Å². The minimum Gasteiger partial charge on any atom is -0.505 e. The van der Waals surface area contributed by atoms with Crippen LogP contribution in [0.1, 0.15) is 17.3 Å². The third-order valence-corrected chi connectivity index (χ3v) is 5.42. The minimum atomic E-state index is -0.484. The van der Waals surface area contributed by atoms with Gasteiger partial charge in [-0.1, -0.05) is 59.1 Å². The lowest BCUT2D eigenvalue weighted by Gasteiger charge is -2.22. The molecule has 2 heterocycles. The lowest BCUT2D eigenvalue weighted by Crippen LogP contribution is -2.14. The molecule has 0 aliphatic carbocycles. The van der Waals surface area contributed by atoms with Gasteiger partial charge in [-0.2, -0.15) is 0 Å². The Hall–Kier alpha value is -2.53. The van der Waals surface area contributed by atoms with Crippen LogP contribution in [0, 0.1) is 0 Å². The average molecular weight is 431 g/mol. The van der Waals surface area contributed by atoms with Crippen LogP contribution in [0.15, 0.2) is 67.0 Å². The molecule has 2 N–H and O–H groups in total. The maximum atomic E-state index is 10.9. The number of phenolic OH excluding ortho intramolecular Hbond substituents is 1. The first-order valence-electron chi connectivity index (χ1n) is 8.43. The fraction of sp³-hybridized carbons (Fsp3) is 0.0476. The normalized spacial score (nSPS) is 12.1. The molecule has 0 saturated heterocycles. The molecule has 28 heavy (non-hydrogen) atoms. The number of aromatic hydroxyl groups is 1. The zero-order valence-electron chi connectivity index (χ0n) is 14.4. The topological polar surface area (TPSA) is 58.0 Å². The molecule has 4 aromatic rings. The first kappa shape index (κ1) is 18.8. The van der Waals surface area contributed by atoms with Gasteiger partial charge in [0, 0.05) is 23.3 Å². The Kier molecular flexibility index (Phi) is 5.27. The van der Waals surface area contributed by atoms with Crippen LogP contribution in [0.5, 0.6) is 5.75 Å². The van der Waals surface area contributed by atoms with E-state index in [4.69, 9.17) is 34.8 Å². The molecule has 140 valence electrons. The zero-order chi connectivity index (χ0) is 19.7. The van der Waals surface area contributed by atoms with Crippen molar-refractivity contribution in [2.75, 3.05) is 5.32 Å². The van der Waals surface area contributed by atoms with Gasteiger partial charge in [-0.05, 0) is 30.3 Å². The fourth-order valence-electron chi connectivity index (χ4n) is 3.02. The van der Waals surface area contributed by atoms with E-state index in [2.05, 4.69) is 15.3 Å². The van der Waals surface area contributed by atoms with Crippen molar-refractivity contribution >= 4 is 51.4 Å². The van der Waals surface area contributed by atoms with E-state index < -0.39 is 6.04 Å². The van der Waals surface area contributed by atoms with Crippen molar-refractivity contribution in [2.24, 2.45) is 0 Å². The van der Waals surface area contributed by atoms with Crippen molar-refractivity contribution in [1.82, 2.24) is 9.97 Å². The molecule has 4 rings (SSSR count). The molecule has 0 saturated carbocycles. The van der Waals surface area contributed by atoms with Crippen LogP contribution in [0.2, 0.25) is 15.1 Å². The highest BCUT2D eigenvalue weighted by Crippen LogP contribution is 2.39. The molecule has 1 atom stereocenters. The summed E-state index contributed by atoms with van der Waals surface area (Å²) in [6, 6.07) is 15.8. The quantitative estimate of drug-likeness (QED) is 0.363. The number of fused-ring (bicyclic) bond motifs is 1. The van der Waals surface area contributed by atoms with E-state index in [0.29, 0.717) is 37.5 Å². The lowest BCUT2D eigenvalue weighted by atomic mass is 9.99. The molecule has 0 amide bonds. The van der Waals surface area contributed by atoms with Crippen LogP contribution in [-0.4, -0.2) is 15.1 Å². The summed E-state index contributed by atoms with van der Waals surface area (Å²) in [5.41, 5.74) is 2.41. The second-order valence-electron chi connectivity index (χ2n) is 6.16. The molecular formula is C21H14Cl3N3O. The highest BCUT2D eigenvalue weighted by molar-refractivity contribution is 6.44. The SMILES string of the molecule is Oc1c(C(Nc2cc(Cl)c(Cl)cc2Cl)c2ccccn2)ccc2cccnc12. The van der Waals surface area contributed by atoms with Crippen molar-refractivity contribution < 1.29 is 5.11 Å². The van der Waals surface area contributed by atoms with Crippen molar-refractivity contribution in [1.29, 1.82) is 0 Å². The third kappa shape index (κ3) is 3.59. The molecule has 2 aromatic carbocycles. The van der Waals surface area contributed by atoms with Crippen LogP contribution in [-0.2, 0) is 0 Å². The second-order valence-corrected chi connectivity index (χ2v) is 7.38. The number of halogens is 3. The number of aromatic nitrogens is 2. The van der Waals surface area contributed by atoms with Crippen LogP contribution < -0.4 is 5.32 Å². The number of rotatable bonds is 4. The van der Waals surface area contributed by atoms with Gasteiger partial charge in [0.2, 0.25) is 0 Å². The first-order valence-corrected chi connectivity index (χ1v) is 9.56. The molecule has 0 radical (unpaired) electrons. The minimum absolute atomic E-state index is 0.0810. The number of pyridine rings is 2. The molecule has 0 fully saturated rings. The van der Waals surface area contributed by atoms with E-state index in [1.165, 1.54) is 0 Å². The van der Waals surface area contributed by atoms with Crippen molar-refractivity contribution in [3.05, 3.63) is 93.3 Å². The average Bonchev–Trinajstić information content (AvgIpc) is 2.71. The number of hydrogen-bond donors (Lipinski definition) is 2. The Morgan fingerprint density at radius 3 is 2.39 bits per heavy atom.